The van der Waals surface area contributed by atoms with Gasteiger partial charge in [-0.1, -0.05) is 29.3 Å². The zero-order valence-corrected chi connectivity index (χ0v) is 13.3. The fourth-order valence-corrected chi connectivity index (χ4v) is 3.77. The third kappa shape index (κ3) is 3.72. The first-order chi connectivity index (χ1) is 8.56. The monoisotopic (exact) mass is 364 g/mol. The number of aliphatic hydroxyl groups excluding tert-OH is 1. The molecule has 0 spiro atoms. The Morgan fingerprint density at radius 1 is 1.22 bits per heavy atom. The molecule has 1 N–H and O–H groups in total. The third-order valence-corrected chi connectivity index (χ3v) is 5.12. The van der Waals surface area contributed by atoms with Crippen LogP contribution in [0.25, 0.3) is 0 Å². The van der Waals surface area contributed by atoms with Crippen molar-refractivity contribution in [2.45, 2.75) is 18.9 Å². The number of aliphatic hydroxyl groups is 1. The summed E-state index contributed by atoms with van der Waals surface area (Å²) < 4.78 is 1.05. The number of rotatable bonds is 4. The van der Waals surface area contributed by atoms with Gasteiger partial charge in [-0.15, -0.1) is 11.3 Å². The van der Waals surface area contributed by atoms with Crippen molar-refractivity contribution in [1.29, 1.82) is 0 Å². The predicted octanol–water partition coefficient (Wildman–Crippen LogP) is 4.96. The maximum absolute atomic E-state index is 10.1. The Balaban J connectivity index is 2.03. The van der Waals surface area contributed by atoms with E-state index in [2.05, 4.69) is 15.9 Å². The van der Waals surface area contributed by atoms with Gasteiger partial charge in [-0.3, -0.25) is 0 Å². The molecule has 1 atom stereocenters. The Bertz CT molecular complexity index is 542. The zero-order chi connectivity index (χ0) is 13.1. The molecule has 1 nitrogen and oxygen atoms in total. The second-order valence-electron chi connectivity index (χ2n) is 3.99. The molecule has 0 aliphatic carbocycles. The number of hydrogen-bond donors (Lipinski definition) is 1. The van der Waals surface area contributed by atoms with Crippen LogP contribution in [0.5, 0.6) is 0 Å². The van der Waals surface area contributed by atoms with Crippen molar-refractivity contribution >= 4 is 50.5 Å². The molecule has 2 aromatic rings. The van der Waals surface area contributed by atoms with Gasteiger partial charge in [0.15, 0.2) is 0 Å². The quantitative estimate of drug-likeness (QED) is 0.811. The Hall–Kier alpha value is -0.0600. The first kappa shape index (κ1) is 14.4. The molecule has 0 aliphatic heterocycles. The van der Waals surface area contributed by atoms with Gasteiger partial charge in [-0.25, -0.2) is 0 Å². The maximum atomic E-state index is 10.1. The highest BCUT2D eigenvalue weighted by Crippen LogP contribution is 2.26. The van der Waals surface area contributed by atoms with Crippen molar-refractivity contribution < 1.29 is 5.11 Å². The molecule has 0 amide bonds. The molecule has 2 rings (SSSR count). The van der Waals surface area contributed by atoms with Crippen LogP contribution in [0, 0.1) is 0 Å². The minimum atomic E-state index is -0.446. The summed E-state index contributed by atoms with van der Waals surface area (Å²) in [6, 6.07) is 7.34. The number of halogens is 3. The van der Waals surface area contributed by atoms with Gasteiger partial charge in [0.25, 0.3) is 0 Å². The lowest BCUT2D eigenvalue weighted by molar-refractivity contribution is 0.176. The van der Waals surface area contributed by atoms with Crippen molar-refractivity contribution in [3.8, 4) is 0 Å². The van der Waals surface area contributed by atoms with Crippen molar-refractivity contribution in [1.82, 2.24) is 0 Å². The van der Waals surface area contributed by atoms with E-state index in [1.165, 1.54) is 0 Å². The zero-order valence-electron chi connectivity index (χ0n) is 9.37. The molecule has 0 radical (unpaired) electrons. The van der Waals surface area contributed by atoms with E-state index < -0.39 is 6.10 Å². The lowest BCUT2D eigenvalue weighted by Crippen LogP contribution is -2.13. The molecule has 0 fully saturated rings. The summed E-state index contributed by atoms with van der Waals surface area (Å²) >= 11 is 17.0. The van der Waals surface area contributed by atoms with Gasteiger partial charge in [0.1, 0.15) is 0 Å². The topological polar surface area (TPSA) is 20.2 Å². The molecule has 96 valence electrons. The Labute approximate surface area is 128 Å². The lowest BCUT2D eigenvalue weighted by atomic mass is 10.1. The molecule has 18 heavy (non-hydrogen) atoms. The molecule has 1 heterocycles. The molecule has 0 aliphatic rings. The number of thiophene rings is 1. The Morgan fingerprint density at radius 2 is 2.00 bits per heavy atom. The van der Waals surface area contributed by atoms with Crippen LogP contribution < -0.4 is 0 Å². The highest BCUT2D eigenvalue weighted by molar-refractivity contribution is 9.10. The highest BCUT2D eigenvalue weighted by atomic mass is 79.9. The Morgan fingerprint density at radius 3 is 2.61 bits per heavy atom. The van der Waals surface area contributed by atoms with Gasteiger partial charge in [0.05, 0.1) is 6.10 Å². The second kappa shape index (κ2) is 6.40. The average Bonchev–Trinajstić information content (AvgIpc) is 2.69. The smallest absolute Gasteiger partial charge is 0.0629 e. The van der Waals surface area contributed by atoms with Gasteiger partial charge in [0.2, 0.25) is 0 Å². The molecule has 0 saturated heterocycles. The van der Waals surface area contributed by atoms with Crippen LogP contribution in [0.15, 0.2) is 34.1 Å². The third-order valence-electron chi connectivity index (χ3n) is 2.58. The van der Waals surface area contributed by atoms with Crippen LogP contribution in [0.2, 0.25) is 10.0 Å². The summed E-state index contributed by atoms with van der Waals surface area (Å²) in [5.41, 5.74) is 0.918. The predicted molar refractivity (Wildman–Crippen MR) is 81.9 cm³/mol. The summed E-state index contributed by atoms with van der Waals surface area (Å²) in [6.07, 6.45) is 0.705. The summed E-state index contributed by atoms with van der Waals surface area (Å²) in [5, 5.41) is 13.3. The number of hydrogen-bond acceptors (Lipinski definition) is 2. The van der Waals surface area contributed by atoms with Crippen molar-refractivity contribution in [3.05, 3.63) is 54.6 Å². The van der Waals surface area contributed by atoms with Crippen molar-refractivity contribution in [3.63, 3.8) is 0 Å². The first-order valence-corrected chi connectivity index (χ1v) is 7.83. The average molecular weight is 366 g/mol. The minimum absolute atomic E-state index is 0.446. The maximum Gasteiger partial charge on any atom is 0.0629 e. The fourth-order valence-electron chi connectivity index (χ4n) is 1.70. The minimum Gasteiger partial charge on any atom is -0.392 e. The van der Waals surface area contributed by atoms with E-state index in [9.17, 15) is 5.11 Å². The molecule has 0 saturated carbocycles. The van der Waals surface area contributed by atoms with Crippen LogP contribution >= 0.6 is 50.5 Å². The van der Waals surface area contributed by atoms with Crippen molar-refractivity contribution in [2.24, 2.45) is 0 Å². The summed E-state index contributed by atoms with van der Waals surface area (Å²) in [7, 11) is 0. The normalized spacial score (nSPS) is 12.7. The van der Waals surface area contributed by atoms with Gasteiger partial charge < -0.3 is 5.11 Å². The van der Waals surface area contributed by atoms with Crippen LogP contribution in [0.4, 0.5) is 0 Å². The standard InChI is InChI=1S/C13H11BrCl2OS/c14-11-3-4-18-13(11)7-10(17)5-8-1-2-9(15)6-12(8)16/h1-4,6,10,17H,5,7H2. The Kier molecular flexibility index (Phi) is 5.10. The van der Waals surface area contributed by atoms with Crippen LogP contribution in [-0.2, 0) is 12.8 Å². The van der Waals surface area contributed by atoms with E-state index in [-0.39, 0.29) is 0 Å². The molecule has 5 heteroatoms. The molecular weight excluding hydrogens is 355 g/mol. The second-order valence-corrected chi connectivity index (χ2v) is 6.69. The lowest BCUT2D eigenvalue weighted by Gasteiger charge is -2.11. The SMILES string of the molecule is OC(Cc1ccc(Cl)cc1Cl)Cc1sccc1Br. The summed E-state index contributed by atoms with van der Waals surface area (Å²) in [4.78, 5) is 1.15. The van der Waals surface area contributed by atoms with Gasteiger partial charge >= 0.3 is 0 Å². The molecule has 1 aromatic heterocycles. The van der Waals surface area contributed by atoms with E-state index in [4.69, 9.17) is 23.2 Å². The number of benzene rings is 1. The van der Waals surface area contributed by atoms with Gasteiger partial charge in [-0.05, 0) is 45.1 Å². The summed E-state index contributed by atoms with van der Waals surface area (Å²) in [6.45, 7) is 0. The van der Waals surface area contributed by atoms with Gasteiger partial charge in [0, 0.05) is 32.2 Å². The molecule has 1 unspecified atom stereocenters. The molecule has 1 aromatic carbocycles. The first-order valence-electron chi connectivity index (χ1n) is 5.40. The van der Waals surface area contributed by atoms with Crippen molar-refractivity contribution in [2.75, 3.05) is 0 Å². The van der Waals surface area contributed by atoms with Gasteiger partial charge in [-0.2, -0.15) is 0 Å². The van der Waals surface area contributed by atoms with E-state index >= 15 is 0 Å². The largest absolute Gasteiger partial charge is 0.392 e. The molecular formula is C13H11BrCl2OS. The van der Waals surface area contributed by atoms with E-state index in [1.54, 1.807) is 23.5 Å². The highest BCUT2D eigenvalue weighted by Gasteiger charge is 2.12. The molecule has 0 bridgehead atoms. The van der Waals surface area contributed by atoms with E-state index in [1.807, 2.05) is 17.5 Å². The van der Waals surface area contributed by atoms with Crippen LogP contribution in [-0.4, -0.2) is 11.2 Å². The van der Waals surface area contributed by atoms with Crippen LogP contribution in [0.1, 0.15) is 10.4 Å². The van der Waals surface area contributed by atoms with Crippen LogP contribution in [0.3, 0.4) is 0 Å². The van der Waals surface area contributed by atoms with E-state index in [0.717, 1.165) is 14.9 Å². The summed E-state index contributed by atoms with van der Waals surface area (Å²) in [5.74, 6) is 0. The fraction of sp³-hybridized carbons (Fsp3) is 0.231. The van der Waals surface area contributed by atoms with E-state index in [0.29, 0.717) is 22.9 Å².